The van der Waals surface area contributed by atoms with Crippen LogP contribution in [0.4, 0.5) is 0 Å². The third-order valence-electron chi connectivity index (χ3n) is 5.43. The van der Waals surface area contributed by atoms with Crippen LogP contribution < -0.4 is 11.1 Å². The summed E-state index contributed by atoms with van der Waals surface area (Å²) in [6.45, 7) is 2.30. The molecule has 1 heterocycles. The summed E-state index contributed by atoms with van der Waals surface area (Å²) in [6, 6.07) is 17.9. The van der Waals surface area contributed by atoms with E-state index < -0.39 is 5.97 Å². The van der Waals surface area contributed by atoms with E-state index in [2.05, 4.69) is 23.5 Å². The molecule has 0 amide bonds. The second kappa shape index (κ2) is 8.32. The number of fused-ring (bicyclic) bond motifs is 2. The van der Waals surface area contributed by atoms with Crippen molar-refractivity contribution in [1.82, 2.24) is 9.88 Å². The summed E-state index contributed by atoms with van der Waals surface area (Å²) in [5.74, 6) is -0.550. The van der Waals surface area contributed by atoms with E-state index in [0.717, 1.165) is 32.8 Å². The van der Waals surface area contributed by atoms with Crippen molar-refractivity contribution in [2.45, 2.75) is 13.5 Å². The van der Waals surface area contributed by atoms with Crippen LogP contribution in [0.2, 0.25) is 5.02 Å². The van der Waals surface area contributed by atoms with Gasteiger partial charge in [-0.2, -0.15) is 0 Å². The molecule has 3 aromatic carbocycles. The van der Waals surface area contributed by atoms with Gasteiger partial charge in [0.15, 0.2) is 5.96 Å². The first-order valence-corrected chi connectivity index (χ1v) is 10.3. The number of hydrogen-bond acceptors (Lipinski definition) is 3. The van der Waals surface area contributed by atoms with Gasteiger partial charge in [-0.3, -0.25) is 5.41 Å². The predicted molar refractivity (Wildman–Crippen MR) is 126 cm³/mol. The molecule has 4 rings (SSSR count). The van der Waals surface area contributed by atoms with Crippen molar-refractivity contribution in [2.75, 3.05) is 6.61 Å². The summed E-state index contributed by atoms with van der Waals surface area (Å²) in [6.07, 6.45) is 0. The van der Waals surface area contributed by atoms with Crippen molar-refractivity contribution < 1.29 is 9.53 Å². The zero-order chi connectivity index (χ0) is 22.1. The molecular formula is C24H23ClN4O2. The lowest BCUT2D eigenvalue weighted by atomic mass is 9.97. The van der Waals surface area contributed by atoms with Gasteiger partial charge in [-0.15, -0.1) is 0 Å². The summed E-state index contributed by atoms with van der Waals surface area (Å²) < 4.78 is 7.25. The molecule has 4 aromatic rings. The van der Waals surface area contributed by atoms with Gasteiger partial charge >= 0.3 is 5.97 Å². The van der Waals surface area contributed by atoms with Crippen LogP contribution in [0, 0.1) is 5.41 Å². The minimum Gasteiger partial charge on any atom is -0.462 e. The zero-order valence-corrected chi connectivity index (χ0v) is 18.1. The predicted octanol–water partition coefficient (Wildman–Crippen LogP) is 4.81. The fraction of sp³-hybridized carbons (Fsp3) is 0.167. The number of nitrogens with two attached hydrogens (primary N) is 1. The smallest absolute Gasteiger partial charge is 0.340 e. The molecule has 4 N–H and O–H groups in total. The van der Waals surface area contributed by atoms with Crippen molar-refractivity contribution in [3.05, 3.63) is 70.9 Å². The standard InChI is InChI=1S/C24H23ClN4O2/c1-3-31-23(30)22-18-11-10-14(12-20(18)29(2)21(22)13-28-24(26)27)15-6-4-8-17-16(15)7-5-9-19(17)25/h4-12H,3,13H2,1-2H3,(H4,26,27,28). The molecule has 1 aromatic heterocycles. The molecule has 7 heteroatoms. The normalized spacial score (nSPS) is 11.1. The van der Waals surface area contributed by atoms with Gasteiger partial charge in [-0.05, 0) is 35.6 Å². The Morgan fingerprint density at radius 3 is 2.61 bits per heavy atom. The first kappa shape index (κ1) is 20.8. The Kier molecular flexibility index (Phi) is 5.57. The van der Waals surface area contributed by atoms with Crippen LogP contribution in [0.5, 0.6) is 0 Å². The second-order valence-corrected chi connectivity index (χ2v) is 7.65. The molecule has 0 unspecified atom stereocenters. The quantitative estimate of drug-likeness (QED) is 0.238. The number of aromatic nitrogens is 1. The minimum atomic E-state index is -0.391. The summed E-state index contributed by atoms with van der Waals surface area (Å²) in [5.41, 5.74) is 9.63. The number of carbonyl (C=O) groups excluding carboxylic acids is 1. The van der Waals surface area contributed by atoms with Crippen LogP contribution in [-0.2, 0) is 18.3 Å². The highest BCUT2D eigenvalue weighted by molar-refractivity contribution is 6.36. The van der Waals surface area contributed by atoms with Crippen LogP contribution in [0.15, 0.2) is 54.6 Å². The summed E-state index contributed by atoms with van der Waals surface area (Å²) in [4.78, 5) is 12.7. The topological polar surface area (TPSA) is 93.1 Å². The minimum absolute atomic E-state index is 0.159. The Bertz CT molecular complexity index is 1330. The maximum Gasteiger partial charge on any atom is 0.340 e. The van der Waals surface area contributed by atoms with Gasteiger partial charge in [0.1, 0.15) is 0 Å². The number of guanidine groups is 1. The number of ether oxygens (including phenoxy) is 1. The van der Waals surface area contributed by atoms with Gasteiger partial charge in [0.25, 0.3) is 0 Å². The fourth-order valence-corrected chi connectivity index (χ4v) is 4.23. The van der Waals surface area contributed by atoms with Crippen LogP contribution in [0.3, 0.4) is 0 Å². The lowest BCUT2D eigenvalue weighted by Crippen LogP contribution is -2.31. The maximum absolute atomic E-state index is 12.7. The van der Waals surface area contributed by atoms with Crippen LogP contribution >= 0.6 is 11.6 Å². The molecule has 31 heavy (non-hydrogen) atoms. The number of nitrogens with zero attached hydrogens (tertiary/aromatic N) is 1. The SMILES string of the molecule is CCOC(=O)c1c(CNC(=N)N)n(C)c2cc(-c3cccc4c(Cl)cccc34)ccc12. The first-order valence-electron chi connectivity index (χ1n) is 9.96. The van der Waals surface area contributed by atoms with Gasteiger partial charge in [0.2, 0.25) is 0 Å². The molecule has 0 bridgehead atoms. The number of nitrogens with one attached hydrogen (secondary N) is 2. The third kappa shape index (κ3) is 3.70. The summed E-state index contributed by atoms with van der Waals surface area (Å²) >= 11 is 6.40. The number of halogens is 1. The van der Waals surface area contributed by atoms with Gasteiger partial charge in [-0.25, -0.2) is 4.79 Å². The first-order chi connectivity index (χ1) is 14.9. The molecule has 0 aliphatic rings. The fourth-order valence-electron chi connectivity index (χ4n) is 4.00. The number of esters is 1. The summed E-state index contributed by atoms with van der Waals surface area (Å²) in [5, 5.41) is 13.8. The second-order valence-electron chi connectivity index (χ2n) is 7.24. The molecule has 158 valence electrons. The molecule has 0 aliphatic carbocycles. The average molecular weight is 435 g/mol. The van der Waals surface area contributed by atoms with E-state index in [9.17, 15) is 4.79 Å². The van der Waals surface area contributed by atoms with E-state index in [4.69, 9.17) is 27.5 Å². The number of aryl methyl sites for hydroxylation is 1. The Morgan fingerprint density at radius 2 is 1.87 bits per heavy atom. The Labute approximate surface area is 185 Å². The maximum atomic E-state index is 12.7. The van der Waals surface area contributed by atoms with Crippen molar-refractivity contribution in [3.63, 3.8) is 0 Å². The van der Waals surface area contributed by atoms with E-state index >= 15 is 0 Å². The van der Waals surface area contributed by atoms with Crippen molar-refractivity contribution in [1.29, 1.82) is 5.41 Å². The molecular weight excluding hydrogens is 412 g/mol. The molecule has 0 spiro atoms. The van der Waals surface area contributed by atoms with E-state index in [1.54, 1.807) is 6.92 Å². The monoisotopic (exact) mass is 434 g/mol. The van der Waals surface area contributed by atoms with Gasteiger partial charge in [-0.1, -0.05) is 54.1 Å². The number of carbonyl (C=O) groups is 1. The van der Waals surface area contributed by atoms with Gasteiger partial charge < -0.3 is 20.4 Å². The Hall–Kier alpha value is -3.51. The van der Waals surface area contributed by atoms with Gasteiger partial charge in [0.05, 0.1) is 24.4 Å². The lowest BCUT2D eigenvalue weighted by molar-refractivity contribution is 0.0527. The van der Waals surface area contributed by atoms with Crippen molar-refractivity contribution >= 4 is 45.2 Å². The van der Waals surface area contributed by atoms with Crippen LogP contribution in [0.1, 0.15) is 23.0 Å². The highest BCUT2D eigenvalue weighted by Gasteiger charge is 2.22. The summed E-state index contributed by atoms with van der Waals surface area (Å²) in [7, 11) is 1.89. The Balaban J connectivity index is 1.92. The molecule has 0 radical (unpaired) electrons. The zero-order valence-electron chi connectivity index (χ0n) is 17.3. The highest BCUT2D eigenvalue weighted by atomic mass is 35.5. The highest BCUT2D eigenvalue weighted by Crippen LogP contribution is 2.35. The number of benzene rings is 3. The molecule has 6 nitrogen and oxygen atoms in total. The molecule has 0 saturated heterocycles. The van der Waals surface area contributed by atoms with E-state index in [1.165, 1.54) is 0 Å². The van der Waals surface area contributed by atoms with E-state index in [0.29, 0.717) is 16.3 Å². The van der Waals surface area contributed by atoms with Crippen molar-refractivity contribution in [3.8, 4) is 11.1 Å². The average Bonchev–Trinajstić information content (AvgIpc) is 3.03. The van der Waals surface area contributed by atoms with Crippen LogP contribution in [-0.4, -0.2) is 23.1 Å². The molecule has 0 atom stereocenters. The van der Waals surface area contributed by atoms with Gasteiger partial charge in [0, 0.05) is 28.4 Å². The number of rotatable bonds is 5. The third-order valence-corrected chi connectivity index (χ3v) is 5.76. The van der Waals surface area contributed by atoms with E-state index in [-0.39, 0.29) is 19.1 Å². The molecule has 0 saturated carbocycles. The molecule has 0 fully saturated rings. The Morgan fingerprint density at radius 1 is 1.13 bits per heavy atom. The van der Waals surface area contributed by atoms with E-state index in [1.807, 2.05) is 48.0 Å². The number of hydrogen-bond donors (Lipinski definition) is 3. The van der Waals surface area contributed by atoms with Crippen LogP contribution in [0.25, 0.3) is 32.8 Å². The lowest BCUT2D eigenvalue weighted by Gasteiger charge is -2.09. The largest absolute Gasteiger partial charge is 0.462 e. The molecule has 0 aliphatic heterocycles. The van der Waals surface area contributed by atoms with Crippen molar-refractivity contribution in [2.24, 2.45) is 12.8 Å².